The van der Waals surface area contributed by atoms with E-state index in [2.05, 4.69) is 4.74 Å². The Bertz CT molecular complexity index is 266. The molecule has 0 heterocycles. The number of benzene rings is 1. The topological polar surface area (TPSA) is 26.3 Å². The molecule has 0 radical (unpaired) electrons. The Labute approximate surface area is 70.0 Å². The molecule has 0 N–H and O–H groups in total. The Morgan fingerprint density at radius 1 is 1.42 bits per heavy atom. The number of rotatable bonds is 2. The van der Waals surface area contributed by atoms with Crippen molar-refractivity contribution in [3.05, 3.63) is 35.4 Å². The van der Waals surface area contributed by atoms with Crippen LogP contribution in [0.15, 0.2) is 24.3 Å². The van der Waals surface area contributed by atoms with Gasteiger partial charge in [-0.3, -0.25) is 0 Å². The first-order valence-corrected chi connectivity index (χ1v) is 3.56. The van der Waals surface area contributed by atoms with Crippen molar-refractivity contribution in [1.29, 1.82) is 0 Å². The molecular formula is C9H9FO2. The van der Waals surface area contributed by atoms with E-state index in [0.717, 1.165) is 11.1 Å². The lowest BCUT2D eigenvalue weighted by molar-refractivity contribution is 0.114. The maximum atomic E-state index is 11.6. The van der Waals surface area contributed by atoms with E-state index in [4.69, 9.17) is 0 Å². The van der Waals surface area contributed by atoms with Crippen LogP contribution in [-0.2, 0) is 11.3 Å². The van der Waals surface area contributed by atoms with E-state index in [1.165, 1.54) is 0 Å². The molecule has 2 nitrogen and oxygen atoms in total. The number of halogens is 1. The van der Waals surface area contributed by atoms with Crippen LogP contribution >= 0.6 is 0 Å². The van der Waals surface area contributed by atoms with Gasteiger partial charge in [0.05, 0.1) is 0 Å². The molecule has 0 saturated heterocycles. The third kappa shape index (κ3) is 2.70. The first kappa shape index (κ1) is 8.71. The molecule has 0 fully saturated rings. The highest BCUT2D eigenvalue weighted by atomic mass is 19.1. The second kappa shape index (κ2) is 3.85. The van der Waals surface area contributed by atoms with E-state index >= 15 is 0 Å². The molecule has 1 aromatic rings. The van der Waals surface area contributed by atoms with E-state index in [-0.39, 0.29) is 6.61 Å². The Morgan fingerprint density at radius 3 is 2.50 bits per heavy atom. The van der Waals surface area contributed by atoms with Crippen molar-refractivity contribution in [1.82, 2.24) is 0 Å². The molecule has 0 atom stereocenters. The molecule has 12 heavy (non-hydrogen) atoms. The van der Waals surface area contributed by atoms with Crippen molar-refractivity contribution in [2.75, 3.05) is 0 Å². The lowest BCUT2D eigenvalue weighted by Gasteiger charge is -1.99. The molecule has 0 saturated carbocycles. The summed E-state index contributed by atoms with van der Waals surface area (Å²) in [6.07, 6.45) is -1.74. The smallest absolute Gasteiger partial charge is 0.435 e. The molecule has 0 bridgehead atoms. The molecule has 64 valence electrons. The Hall–Kier alpha value is -1.38. The molecular weight excluding hydrogens is 159 g/mol. The maximum absolute atomic E-state index is 11.6. The van der Waals surface area contributed by atoms with E-state index in [1.807, 2.05) is 19.1 Å². The first-order chi connectivity index (χ1) is 5.68. The normalized spacial score (nSPS) is 9.50. The molecule has 0 amide bonds. The van der Waals surface area contributed by atoms with Gasteiger partial charge in [0.1, 0.15) is 6.61 Å². The number of hydrogen-bond acceptors (Lipinski definition) is 2. The Kier molecular flexibility index (Phi) is 2.80. The summed E-state index contributed by atoms with van der Waals surface area (Å²) in [4.78, 5) is 9.80. The van der Waals surface area contributed by atoms with Crippen molar-refractivity contribution in [2.45, 2.75) is 13.5 Å². The highest BCUT2D eigenvalue weighted by Gasteiger charge is 1.98. The summed E-state index contributed by atoms with van der Waals surface area (Å²) in [6, 6.07) is 7.33. The third-order valence-corrected chi connectivity index (χ3v) is 1.47. The SMILES string of the molecule is Cc1ccc(COC(=O)F)cc1. The van der Waals surface area contributed by atoms with Crippen LogP contribution in [0.5, 0.6) is 0 Å². The number of hydrogen-bond donors (Lipinski definition) is 0. The van der Waals surface area contributed by atoms with Gasteiger partial charge in [-0.2, -0.15) is 0 Å². The third-order valence-electron chi connectivity index (χ3n) is 1.47. The van der Waals surface area contributed by atoms with Gasteiger partial charge in [-0.05, 0) is 12.5 Å². The van der Waals surface area contributed by atoms with Gasteiger partial charge in [0.2, 0.25) is 0 Å². The van der Waals surface area contributed by atoms with Crippen LogP contribution in [0.3, 0.4) is 0 Å². The van der Waals surface area contributed by atoms with Crippen LogP contribution in [0.2, 0.25) is 0 Å². The van der Waals surface area contributed by atoms with E-state index in [9.17, 15) is 9.18 Å². The lowest BCUT2D eigenvalue weighted by Crippen LogP contribution is -1.95. The van der Waals surface area contributed by atoms with Crippen LogP contribution in [0.25, 0.3) is 0 Å². The Balaban J connectivity index is 2.53. The zero-order chi connectivity index (χ0) is 8.97. The zero-order valence-electron chi connectivity index (χ0n) is 6.71. The van der Waals surface area contributed by atoms with Crippen LogP contribution in [-0.4, -0.2) is 6.22 Å². The van der Waals surface area contributed by atoms with Crippen molar-refractivity contribution in [3.63, 3.8) is 0 Å². The standard InChI is InChI=1S/C9H9FO2/c1-7-2-4-8(5-3-7)6-12-9(10)11/h2-5H,6H2,1H3. The molecule has 0 spiro atoms. The highest BCUT2D eigenvalue weighted by Crippen LogP contribution is 2.04. The van der Waals surface area contributed by atoms with Gasteiger partial charge in [-0.1, -0.05) is 29.8 Å². The molecule has 3 heteroatoms. The monoisotopic (exact) mass is 168 g/mol. The van der Waals surface area contributed by atoms with Gasteiger partial charge < -0.3 is 4.74 Å². The maximum Gasteiger partial charge on any atom is 0.495 e. The van der Waals surface area contributed by atoms with Crippen molar-refractivity contribution in [2.24, 2.45) is 0 Å². The van der Waals surface area contributed by atoms with E-state index in [1.54, 1.807) is 12.1 Å². The molecule has 0 aromatic heterocycles. The zero-order valence-corrected chi connectivity index (χ0v) is 6.71. The van der Waals surface area contributed by atoms with Gasteiger partial charge in [0, 0.05) is 0 Å². The summed E-state index contributed by atoms with van der Waals surface area (Å²) in [6.45, 7) is 1.94. The fourth-order valence-corrected chi connectivity index (χ4v) is 0.824. The molecule has 0 unspecified atom stereocenters. The molecule has 1 rings (SSSR count). The summed E-state index contributed by atoms with van der Waals surface area (Å²) >= 11 is 0. The Morgan fingerprint density at radius 2 is 2.00 bits per heavy atom. The van der Waals surface area contributed by atoms with E-state index in [0.29, 0.717) is 0 Å². The van der Waals surface area contributed by atoms with Gasteiger partial charge in [-0.25, -0.2) is 4.79 Å². The van der Waals surface area contributed by atoms with Crippen LogP contribution in [0.4, 0.5) is 9.18 Å². The lowest BCUT2D eigenvalue weighted by atomic mass is 10.2. The van der Waals surface area contributed by atoms with Crippen molar-refractivity contribution >= 4 is 6.22 Å². The molecule has 1 aromatic carbocycles. The van der Waals surface area contributed by atoms with Crippen LogP contribution in [0, 0.1) is 6.92 Å². The van der Waals surface area contributed by atoms with Crippen LogP contribution < -0.4 is 0 Å². The van der Waals surface area contributed by atoms with Gasteiger partial charge in [-0.15, -0.1) is 4.39 Å². The molecule has 0 aliphatic carbocycles. The van der Waals surface area contributed by atoms with Crippen molar-refractivity contribution in [3.8, 4) is 0 Å². The van der Waals surface area contributed by atoms with Crippen LogP contribution in [0.1, 0.15) is 11.1 Å². The van der Waals surface area contributed by atoms with Gasteiger partial charge in [0.25, 0.3) is 0 Å². The summed E-state index contributed by atoms with van der Waals surface area (Å²) in [5, 5.41) is 0. The minimum absolute atomic E-state index is 0.00435. The predicted molar refractivity (Wildman–Crippen MR) is 42.5 cm³/mol. The van der Waals surface area contributed by atoms with Gasteiger partial charge in [0.15, 0.2) is 0 Å². The van der Waals surface area contributed by atoms with Crippen molar-refractivity contribution < 1.29 is 13.9 Å². The quantitative estimate of drug-likeness (QED) is 0.634. The average Bonchev–Trinajstić information content (AvgIpc) is 2.03. The second-order valence-corrected chi connectivity index (χ2v) is 2.51. The fourth-order valence-electron chi connectivity index (χ4n) is 0.824. The number of ether oxygens (including phenoxy) is 1. The molecule has 0 aliphatic heterocycles. The fraction of sp³-hybridized carbons (Fsp3) is 0.222. The summed E-state index contributed by atoms with van der Waals surface area (Å²) in [5.41, 5.74) is 1.90. The largest absolute Gasteiger partial charge is 0.495 e. The highest BCUT2D eigenvalue weighted by molar-refractivity contribution is 5.57. The predicted octanol–water partition coefficient (Wildman–Crippen LogP) is 2.60. The summed E-state index contributed by atoms with van der Waals surface area (Å²) in [5.74, 6) is 0. The number of carbonyl (C=O) groups is 1. The van der Waals surface area contributed by atoms with Gasteiger partial charge >= 0.3 is 6.22 Å². The summed E-state index contributed by atoms with van der Waals surface area (Å²) in [7, 11) is 0. The molecule has 0 aliphatic rings. The van der Waals surface area contributed by atoms with E-state index < -0.39 is 6.22 Å². The number of carbonyl (C=O) groups excluding carboxylic acids is 1. The average molecular weight is 168 g/mol. The minimum atomic E-state index is -1.74. The summed E-state index contributed by atoms with van der Waals surface area (Å²) < 4.78 is 15.8. The minimum Gasteiger partial charge on any atom is -0.435 e. The second-order valence-electron chi connectivity index (χ2n) is 2.51. The number of aryl methyl sites for hydroxylation is 1. The first-order valence-electron chi connectivity index (χ1n) is 3.56.